The van der Waals surface area contributed by atoms with E-state index in [9.17, 15) is 0 Å². The van der Waals surface area contributed by atoms with Crippen LogP contribution in [-0.2, 0) is 19.4 Å². The number of pyridine rings is 1. The van der Waals surface area contributed by atoms with Crippen LogP contribution < -0.4 is 5.32 Å². The van der Waals surface area contributed by atoms with Crippen LogP contribution in [-0.4, -0.2) is 21.6 Å². The Balaban J connectivity index is 2.22. The minimum absolute atomic E-state index is 0.212. The molecule has 0 saturated heterocycles. The molecule has 20 heavy (non-hydrogen) atoms. The Morgan fingerprint density at radius 1 is 1.25 bits per heavy atom. The molecule has 1 N–H and O–H groups in total. The first-order chi connectivity index (χ1) is 9.80. The van der Waals surface area contributed by atoms with E-state index < -0.39 is 0 Å². The molecule has 1 atom stereocenters. The SMILES string of the molecule is CCCn1ccnc1CC(NC)c1ncccc1CC. The summed E-state index contributed by atoms with van der Waals surface area (Å²) < 4.78 is 2.24. The molecule has 0 aliphatic rings. The maximum atomic E-state index is 4.58. The first-order valence-electron chi connectivity index (χ1n) is 7.41. The quantitative estimate of drug-likeness (QED) is 0.843. The van der Waals surface area contributed by atoms with Crippen molar-refractivity contribution in [1.29, 1.82) is 0 Å². The lowest BCUT2D eigenvalue weighted by Gasteiger charge is -2.18. The highest BCUT2D eigenvalue weighted by molar-refractivity contribution is 5.23. The molecule has 2 rings (SSSR count). The summed E-state index contributed by atoms with van der Waals surface area (Å²) in [5, 5.41) is 3.38. The fourth-order valence-electron chi connectivity index (χ4n) is 2.56. The normalized spacial score (nSPS) is 12.6. The Morgan fingerprint density at radius 3 is 2.80 bits per heavy atom. The molecule has 0 aliphatic carbocycles. The van der Waals surface area contributed by atoms with Gasteiger partial charge in [-0.15, -0.1) is 0 Å². The second-order valence-electron chi connectivity index (χ2n) is 4.98. The number of hydrogen-bond donors (Lipinski definition) is 1. The molecule has 1 unspecified atom stereocenters. The third kappa shape index (κ3) is 3.25. The molecular weight excluding hydrogens is 248 g/mol. The van der Waals surface area contributed by atoms with Gasteiger partial charge in [0.05, 0.1) is 11.7 Å². The summed E-state index contributed by atoms with van der Waals surface area (Å²) in [7, 11) is 1.99. The van der Waals surface area contributed by atoms with Gasteiger partial charge in [-0.25, -0.2) is 4.98 Å². The van der Waals surface area contributed by atoms with Crippen LogP contribution in [0.4, 0.5) is 0 Å². The Bertz CT molecular complexity index is 533. The number of imidazole rings is 1. The maximum Gasteiger partial charge on any atom is 0.110 e. The van der Waals surface area contributed by atoms with Crippen molar-refractivity contribution in [3.05, 3.63) is 47.8 Å². The molecule has 0 amide bonds. The molecule has 0 aliphatic heterocycles. The monoisotopic (exact) mass is 272 g/mol. The average Bonchev–Trinajstić information content (AvgIpc) is 2.92. The molecule has 2 aromatic rings. The molecule has 4 nitrogen and oxygen atoms in total. The predicted molar refractivity (Wildman–Crippen MR) is 81.6 cm³/mol. The van der Waals surface area contributed by atoms with Gasteiger partial charge in [-0.3, -0.25) is 4.98 Å². The van der Waals surface area contributed by atoms with Gasteiger partial charge in [0.1, 0.15) is 5.82 Å². The summed E-state index contributed by atoms with van der Waals surface area (Å²) in [5.41, 5.74) is 2.45. The fourth-order valence-corrected chi connectivity index (χ4v) is 2.56. The summed E-state index contributed by atoms with van der Waals surface area (Å²) in [6, 6.07) is 4.38. The van der Waals surface area contributed by atoms with Crippen molar-refractivity contribution in [3.8, 4) is 0 Å². The molecule has 4 heteroatoms. The molecule has 0 spiro atoms. The standard InChI is InChI=1S/C16H24N4/c1-4-10-20-11-9-18-15(20)12-14(17-3)16-13(5-2)7-6-8-19-16/h6-9,11,14,17H,4-5,10,12H2,1-3H3. The van der Waals surface area contributed by atoms with Crippen LogP contribution in [0.2, 0.25) is 0 Å². The number of hydrogen-bond acceptors (Lipinski definition) is 3. The van der Waals surface area contributed by atoms with E-state index in [1.54, 1.807) is 0 Å². The zero-order chi connectivity index (χ0) is 14.4. The second kappa shape index (κ2) is 7.20. The lowest BCUT2D eigenvalue weighted by Crippen LogP contribution is -2.23. The summed E-state index contributed by atoms with van der Waals surface area (Å²) in [4.78, 5) is 9.08. The van der Waals surface area contributed by atoms with Crippen LogP contribution in [0.3, 0.4) is 0 Å². The van der Waals surface area contributed by atoms with Crippen molar-refractivity contribution >= 4 is 0 Å². The number of rotatable bonds is 7. The van der Waals surface area contributed by atoms with E-state index in [0.717, 1.165) is 37.3 Å². The molecule has 108 valence electrons. The molecular formula is C16H24N4. The van der Waals surface area contributed by atoms with Crippen molar-refractivity contribution < 1.29 is 0 Å². The van der Waals surface area contributed by atoms with Crippen molar-refractivity contribution in [2.45, 2.75) is 45.7 Å². The third-order valence-corrected chi connectivity index (χ3v) is 3.64. The van der Waals surface area contributed by atoms with E-state index >= 15 is 0 Å². The minimum Gasteiger partial charge on any atom is -0.335 e. The van der Waals surface area contributed by atoms with Gasteiger partial charge in [-0.2, -0.15) is 0 Å². The van der Waals surface area contributed by atoms with Crippen LogP contribution in [0.1, 0.15) is 43.4 Å². The van der Waals surface area contributed by atoms with Gasteiger partial charge in [-0.1, -0.05) is 19.9 Å². The van der Waals surface area contributed by atoms with Crippen LogP contribution in [0.15, 0.2) is 30.7 Å². The van der Waals surface area contributed by atoms with Crippen LogP contribution >= 0.6 is 0 Å². The van der Waals surface area contributed by atoms with E-state index in [4.69, 9.17) is 0 Å². The first-order valence-corrected chi connectivity index (χ1v) is 7.41. The van der Waals surface area contributed by atoms with E-state index in [0.29, 0.717) is 0 Å². The van der Waals surface area contributed by atoms with Crippen molar-refractivity contribution in [2.24, 2.45) is 0 Å². The second-order valence-corrected chi connectivity index (χ2v) is 4.98. The van der Waals surface area contributed by atoms with Gasteiger partial charge < -0.3 is 9.88 Å². The van der Waals surface area contributed by atoms with Crippen molar-refractivity contribution in [2.75, 3.05) is 7.05 Å². The smallest absolute Gasteiger partial charge is 0.110 e. The molecule has 2 aromatic heterocycles. The molecule has 0 radical (unpaired) electrons. The molecule has 0 saturated carbocycles. The van der Waals surface area contributed by atoms with Gasteiger partial charge in [0.15, 0.2) is 0 Å². The Labute approximate surface area is 121 Å². The summed E-state index contributed by atoms with van der Waals surface area (Å²) >= 11 is 0. The first kappa shape index (κ1) is 14.7. The fraction of sp³-hybridized carbons (Fsp3) is 0.500. The van der Waals surface area contributed by atoms with Crippen molar-refractivity contribution in [1.82, 2.24) is 19.9 Å². The lowest BCUT2D eigenvalue weighted by atomic mass is 10.0. The van der Waals surface area contributed by atoms with E-state index in [1.165, 1.54) is 5.56 Å². The van der Waals surface area contributed by atoms with Gasteiger partial charge >= 0.3 is 0 Å². The van der Waals surface area contributed by atoms with Crippen LogP contribution in [0, 0.1) is 0 Å². The Kier molecular flexibility index (Phi) is 5.30. The molecule has 0 fully saturated rings. The zero-order valence-corrected chi connectivity index (χ0v) is 12.6. The highest BCUT2D eigenvalue weighted by atomic mass is 15.1. The van der Waals surface area contributed by atoms with Crippen molar-refractivity contribution in [3.63, 3.8) is 0 Å². The number of likely N-dealkylation sites (N-methyl/N-ethyl adjacent to an activating group) is 1. The predicted octanol–water partition coefficient (Wildman–Crippen LogP) is 2.75. The number of nitrogens with zero attached hydrogens (tertiary/aromatic N) is 3. The Hall–Kier alpha value is -1.68. The average molecular weight is 272 g/mol. The topological polar surface area (TPSA) is 42.7 Å². The highest BCUT2D eigenvalue weighted by Gasteiger charge is 2.17. The van der Waals surface area contributed by atoms with E-state index in [2.05, 4.69) is 46.0 Å². The number of aromatic nitrogens is 3. The lowest BCUT2D eigenvalue weighted by molar-refractivity contribution is 0.529. The number of nitrogens with one attached hydrogen (secondary N) is 1. The molecule has 2 heterocycles. The van der Waals surface area contributed by atoms with Gasteiger partial charge in [0, 0.05) is 31.6 Å². The summed E-state index contributed by atoms with van der Waals surface area (Å²) in [5.74, 6) is 1.12. The zero-order valence-electron chi connectivity index (χ0n) is 12.6. The van der Waals surface area contributed by atoms with Gasteiger partial charge in [0.2, 0.25) is 0 Å². The molecule has 0 bridgehead atoms. The van der Waals surface area contributed by atoms with E-state index in [1.807, 2.05) is 25.5 Å². The largest absolute Gasteiger partial charge is 0.335 e. The third-order valence-electron chi connectivity index (χ3n) is 3.64. The Morgan fingerprint density at radius 2 is 2.10 bits per heavy atom. The molecule has 0 aromatic carbocycles. The maximum absolute atomic E-state index is 4.58. The summed E-state index contributed by atoms with van der Waals surface area (Å²) in [6.45, 7) is 5.38. The highest BCUT2D eigenvalue weighted by Crippen LogP contribution is 2.19. The van der Waals surface area contributed by atoms with Crippen LogP contribution in [0.25, 0.3) is 0 Å². The van der Waals surface area contributed by atoms with E-state index in [-0.39, 0.29) is 6.04 Å². The van der Waals surface area contributed by atoms with Gasteiger partial charge in [0.25, 0.3) is 0 Å². The van der Waals surface area contributed by atoms with Crippen LogP contribution in [0.5, 0.6) is 0 Å². The minimum atomic E-state index is 0.212. The van der Waals surface area contributed by atoms with Gasteiger partial charge in [-0.05, 0) is 31.5 Å². The summed E-state index contributed by atoms with van der Waals surface area (Å²) in [6.07, 6.45) is 8.81. The number of aryl methyl sites for hydroxylation is 2.